The van der Waals surface area contributed by atoms with Crippen LogP contribution in [0.4, 0.5) is 5.69 Å². The standard InChI is InChI=1S/C21H19Cl2NO2/c1-25-20-11-16(13-24-18-5-3-2-4-6-18)19(23)12-21(20)26-14-15-7-9-17(22)10-8-15/h2-12,24H,13-14H2,1H3. The number of hydrogen-bond donors (Lipinski definition) is 1. The van der Waals surface area contributed by atoms with Crippen LogP contribution in [-0.4, -0.2) is 7.11 Å². The molecule has 0 saturated heterocycles. The van der Waals surface area contributed by atoms with Crippen LogP contribution in [0.1, 0.15) is 11.1 Å². The summed E-state index contributed by atoms with van der Waals surface area (Å²) in [6.45, 7) is 1.00. The smallest absolute Gasteiger partial charge is 0.163 e. The molecule has 1 N–H and O–H groups in total. The molecule has 0 saturated carbocycles. The van der Waals surface area contributed by atoms with E-state index in [0.717, 1.165) is 16.8 Å². The van der Waals surface area contributed by atoms with Crippen LogP contribution in [-0.2, 0) is 13.2 Å². The van der Waals surface area contributed by atoms with Gasteiger partial charge < -0.3 is 14.8 Å². The number of halogens is 2. The summed E-state index contributed by atoms with van der Waals surface area (Å²) in [4.78, 5) is 0. The average molecular weight is 388 g/mol. The van der Waals surface area contributed by atoms with Gasteiger partial charge in [0, 0.05) is 28.3 Å². The first-order chi connectivity index (χ1) is 12.7. The Balaban J connectivity index is 1.70. The zero-order chi connectivity index (χ0) is 18.4. The van der Waals surface area contributed by atoms with Crippen LogP contribution in [0.3, 0.4) is 0 Å². The highest BCUT2D eigenvalue weighted by molar-refractivity contribution is 6.31. The molecule has 0 heterocycles. The summed E-state index contributed by atoms with van der Waals surface area (Å²) in [6, 6.07) is 21.2. The number of anilines is 1. The van der Waals surface area contributed by atoms with Crippen molar-refractivity contribution in [3.63, 3.8) is 0 Å². The third-order valence-corrected chi connectivity index (χ3v) is 4.50. The van der Waals surface area contributed by atoms with Gasteiger partial charge in [-0.05, 0) is 41.5 Å². The van der Waals surface area contributed by atoms with E-state index in [1.807, 2.05) is 60.7 Å². The van der Waals surface area contributed by atoms with Crippen molar-refractivity contribution in [2.45, 2.75) is 13.2 Å². The van der Waals surface area contributed by atoms with E-state index in [4.69, 9.17) is 32.7 Å². The third-order valence-electron chi connectivity index (χ3n) is 3.90. The lowest BCUT2D eigenvalue weighted by atomic mass is 10.2. The molecule has 0 amide bonds. The lowest BCUT2D eigenvalue weighted by Gasteiger charge is -2.15. The Labute approximate surface area is 163 Å². The van der Waals surface area contributed by atoms with Gasteiger partial charge in [0.05, 0.1) is 7.11 Å². The highest BCUT2D eigenvalue weighted by Crippen LogP contribution is 2.34. The maximum atomic E-state index is 6.43. The van der Waals surface area contributed by atoms with Crippen LogP contribution in [0.5, 0.6) is 11.5 Å². The van der Waals surface area contributed by atoms with Crippen molar-refractivity contribution in [2.75, 3.05) is 12.4 Å². The normalized spacial score (nSPS) is 10.4. The molecule has 3 rings (SSSR count). The van der Waals surface area contributed by atoms with E-state index in [9.17, 15) is 0 Å². The largest absolute Gasteiger partial charge is 0.493 e. The molecule has 0 aliphatic carbocycles. The molecule has 0 fully saturated rings. The molecular weight excluding hydrogens is 369 g/mol. The van der Waals surface area contributed by atoms with Crippen molar-refractivity contribution in [3.05, 3.63) is 87.9 Å². The van der Waals surface area contributed by atoms with Gasteiger partial charge in [0.25, 0.3) is 0 Å². The second-order valence-corrected chi connectivity index (χ2v) is 6.57. The minimum Gasteiger partial charge on any atom is -0.493 e. The van der Waals surface area contributed by atoms with Crippen molar-refractivity contribution < 1.29 is 9.47 Å². The Morgan fingerprint density at radius 2 is 1.62 bits per heavy atom. The van der Waals surface area contributed by atoms with Crippen LogP contribution in [0.15, 0.2) is 66.7 Å². The van der Waals surface area contributed by atoms with Gasteiger partial charge >= 0.3 is 0 Å². The van der Waals surface area contributed by atoms with Crippen molar-refractivity contribution in [1.82, 2.24) is 0 Å². The van der Waals surface area contributed by atoms with Gasteiger partial charge in [0.15, 0.2) is 11.5 Å². The maximum absolute atomic E-state index is 6.43. The van der Waals surface area contributed by atoms with Gasteiger partial charge in [0.1, 0.15) is 6.61 Å². The summed E-state index contributed by atoms with van der Waals surface area (Å²) in [5.74, 6) is 1.25. The van der Waals surface area contributed by atoms with Gasteiger partial charge in [0.2, 0.25) is 0 Å². The minimum absolute atomic E-state index is 0.408. The number of ether oxygens (including phenoxy) is 2. The molecule has 0 aromatic heterocycles. The van der Waals surface area contributed by atoms with Crippen LogP contribution < -0.4 is 14.8 Å². The van der Waals surface area contributed by atoms with Crippen molar-refractivity contribution in [2.24, 2.45) is 0 Å². The fourth-order valence-electron chi connectivity index (χ4n) is 2.48. The quantitative estimate of drug-likeness (QED) is 0.523. The lowest BCUT2D eigenvalue weighted by Crippen LogP contribution is -2.02. The Kier molecular flexibility index (Phi) is 6.26. The highest BCUT2D eigenvalue weighted by atomic mass is 35.5. The van der Waals surface area contributed by atoms with Crippen molar-refractivity contribution in [1.29, 1.82) is 0 Å². The maximum Gasteiger partial charge on any atom is 0.163 e. The number of benzene rings is 3. The molecule has 134 valence electrons. The summed E-state index contributed by atoms with van der Waals surface area (Å²) >= 11 is 12.3. The number of rotatable bonds is 7. The Bertz CT molecular complexity index is 852. The Hall–Kier alpha value is -2.36. The summed E-state index contributed by atoms with van der Waals surface area (Å²) in [5, 5.41) is 4.67. The molecule has 0 unspecified atom stereocenters. The van der Waals surface area contributed by atoms with Crippen LogP contribution in [0.2, 0.25) is 10.0 Å². The molecule has 3 aromatic rings. The van der Waals surface area contributed by atoms with Crippen LogP contribution in [0.25, 0.3) is 0 Å². The summed E-state index contributed by atoms with van der Waals surface area (Å²) in [6.07, 6.45) is 0. The number of hydrogen-bond acceptors (Lipinski definition) is 3. The summed E-state index contributed by atoms with van der Waals surface area (Å²) < 4.78 is 11.3. The molecule has 0 atom stereocenters. The number of methoxy groups -OCH3 is 1. The molecule has 0 aliphatic rings. The molecule has 3 nitrogen and oxygen atoms in total. The van der Waals surface area contributed by atoms with Gasteiger partial charge in [-0.25, -0.2) is 0 Å². The first-order valence-corrected chi connectivity index (χ1v) is 8.94. The van der Waals surface area contributed by atoms with Gasteiger partial charge in [-0.2, -0.15) is 0 Å². The van der Waals surface area contributed by atoms with E-state index in [0.29, 0.717) is 34.7 Å². The topological polar surface area (TPSA) is 30.5 Å². The molecule has 3 aromatic carbocycles. The van der Waals surface area contributed by atoms with E-state index < -0.39 is 0 Å². The van der Waals surface area contributed by atoms with E-state index >= 15 is 0 Å². The average Bonchev–Trinajstić information content (AvgIpc) is 2.67. The SMILES string of the molecule is COc1cc(CNc2ccccc2)c(Cl)cc1OCc1ccc(Cl)cc1. The zero-order valence-electron chi connectivity index (χ0n) is 14.3. The molecule has 0 aliphatic heterocycles. The minimum atomic E-state index is 0.408. The highest BCUT2D eigenvalue weighted by Gasteiger charge is 2.11. The predicted molar refractivity (Wildman–Crippen MR) is 108 cm³/mol. The molecular formula is C21H19Cl2NO2. The van der Waals surface area contributed by atoms with Gasteiger partial charge in [-0.15, -0.1) is 0 Å². The summed E-state index contributed by atoms with van der Waals surface area (Å²) in [7, 11) is 1.62. The third kappa shape index (κ3) is 4.84. The van der Waals surface area contributed by atoms with Crippen molar-refractivity contribution in [3.8, 4) is 11.5 Å². The second kappa shape index (κ2) is 8.84. The summed E-state index contributed by atoms with van der Waals surface area (Å²) in [5.41, 5.74) is 2.99. The van der Waals surface area contributed by atoms with Crippen LogP contribution in [0, 0.1) is 0 Å². The first-order valence-electron chi connectivity index (χ1n) is 8.18. The fourth-order valence-corrected chi connectivity index (χ4v) is 2.83. The van der Waals surface area contributed by atoms with E-state index in [1.54, 1.807) is 13.2 Å². The molecule has 26 heavy (non-hydrogen) atoms. The predicted octanol–water partition coefficient (Wildman–Crippen LogP) is 6.19. The number of para-hydroxylation sites is 1. The Morgan fingerprint density at radius 3 is 2.31 bits per heavy atom. The number of nitrogens with one attached hydrogen (secondary N) is 1. The monoisotopic (exact) mass is 387 g/mol. The molecule has 0 spiro atoms. The van der Waals surface area contributed by atoms with Crippen molar-refractivity contribution >= 4 is 28.9 Å². The van der Waals surface area contributed by atoms with E-state index in [-0.39, 0.29) is 0 Å². The van der Waals surface area contributed by atoms with Gasteiger partial charge in [-0.1, -0.05) is 53.5 Å². The van der Waals surface area contributed by atoms with E-state index in [1.165, 1.54) is 0 Å². The fraction of sp³-hybridized carbons (Fsp3) is 0.143. The molecule has 0 radical (unpaired) electrons. The zero-order valence-corrected chi connectivity index (χ0v) is 15.8. The first kappa shape index (κ1) is 18.4. The molecule has 5 heteroatoms. The molecule has 0 bridgehead atoms. The lowest BCUT2D eigenvalue weighted by molar-refractivity contribution is 0.284. The van der Waals surface area contributed by atoms with Gasteiger partial charge in [-0.3, -0.25) is 0 Å². The second-order valence-electron chi connectivity index (χ2n) is 5.73. The van der Waals surface area contributed by atoms with Crippen LogP contribution >= 0.6 is 23.2 Å². The Morgan fingerprint density at radius 1 is 0.885 bits per heavy atom. The van der Waals surface area contributed by atoms with E-state index in [2.05, 4.69) is 5.32 Å².